The minimum atomic E-state index is -0.242. The summed E-state index contributed by atoms with van der Waals surface area (Å²) >= 11 is 0. The van der Waals surface area contributed by atoms with Gasteiger partial charge in [-0.3, -0.25) is 4.90 Å². The molecule has 3 fully saturated rings. The van der Waals surface area contributed by atoms with Crippen molar-refractivity contribution in [3.8, 4) is 0 Å². The fraction of sp³-hybridized carbons (Fsp3) is 1.00. The Balaban J connectivity index is 1.67. The minimum Gasteiger partial charge on any atom is -0.346 e. The Kier molecular flexibility index (Phi) is 3.92. The lowest BCUT2D eigenvalue weighted by Crippen LogP contribution is -2.54. The molecule has 2 atom stereocenters. The molecule has 1 aliphatic carbocycles. The van der Waals surface area contributed by atoms with Crippen LogP contribution in [0.1, 0.15) is 51.9 Å². The van der Waals surface area contributed by atoms with Crippen molar-refractivity contribution >= 4 is 0 Å². The SMILES string of the molecule is CCC1CCCCC1N1CCCC2(C1)OCCO2. The Bertz CT molecular complexity index is 276. The monoisotopic (exact) mass is 253 g/mol. The number of ether oxygens (including phenoxy) is 2. The predicted molar refractivity (Wildman–Crippen MR) is 71.5 cm³/mol. The fourth-order valence-corrected chi connectivity index (χ4v) is 4.18. The molecule has 2 aliphatic heterocycles. The first kappa shape index (κ1) is 12.9. The van der Waals surface area contributed by atoms with Crippen LogP contribution in [0.3, 0.4) is 0 Å². The molecule has 18 heavy (non-hydrogen) atoms. The normalized spacial score (nSPS) is 37.2. The Morgan fingerprint density at radius 1 is 1.11 bits per heavy atom. The molecule has 0 amide bonds. The van der Waals surface area contributed by atoms with Crippen molar-refractivity contribution in [2.45, 2.75) is 63.7 Å². The first-order valence-corrected chi connectivity index (χ1v) is 7.85. The fourth-order valence-electron chi connectivity index (χ4n) is 4.18. The van der Waals surface area contributed by atoms with E-state index >= 15 is 0 Å². The lowest BCUT2D eigenvalue weighted by Gasteiger charge is -2.46. The molecule has 1 saturated carbocycles. The molecule has 2 heterocycles. The zero-order chi connectivity index (χ0) is 12.4. The van der Waals surface area contributed by atoms with Gasteiger partial charge in [-0.05, 0) is 31.7 Å². The van der Waals surface area contributed by atoms with E-state index in [9.17, 15) is 0 Å². The van der Waals surface area contributed by atoms with Crippen LogP contribution in [-0.2, 0) is 9.47 Å². The number of rotatable bonds is 2. The van der Waals surface area contributed by atoms with E-state index in [4.69, 9.17) is 9.47 Å². The molecule has 2 unspecified atom stereocenters. The highest BCUT2D eigenvalue weighted by atomic mass is 16.7. The van der Waals surface area contributed by atoms with Crippen molar-refractivity contribution in [2.75, 3.05) is 26.3 Å². The third-order valence-corrected chi connectivity index (χ3v) is 5.12. The maximum atomic E-state index is 5.91. The van der Waals surface area contributed by atoms with Gasteiger partial charge in [0.15, 0.2) is 5.79 Å². The van der Waals surface area contributed by atoms with E-state index in [1.807, 2.05) is 0 Å². The molecule has 0 aromatic carbocycles. The number of hydrogen-bond donors (Lipinski definition) is 0. The predicted octanol–water partition coefficient (Wildman–Crippen LogP) is 2.79. The Hall–Kier alpha value is -0.120. The van der Waals surface area contributed by atoms with Crippen LogP contribution in [0.15, 0.2) is 0 Å². The second-order valence-electron chi connectivity index (χ2n) is 6.20. The van der Waals surface area contributed by atoms with Crippen LogP contribution in [-0.4, -0.2) is 43.0 Å². The summed E-state index contributed by atoms with van der Waals surface area (Å²) in [5.41, 5.74) is 0. The summed E-state index contributed by atoms with van der Waals surface area (Å²) < 4.78 is 11.8. The smallest absolute Gasteiger partial charge is 0.181 e. The van der Waals surface area contributed by atoms with Gasteiger partial charge in [-0.1, -0.05) is 26.2 Å². The van der Waals surface area contributed by atoms with Crippen LogP contribution >= 0.6 is 0 Å². The molecule has 0 aromatic heterocycles. The van der Waals surface area contributed by atoms with E-state index in [2.05, 4.69) is 11.8 Å². The highest BCUT2D eigenvalue weighted by Gasteiger charge is 2.43. The van der Waals surface area contributed by atoms with E-state index in [0.717, 1.165) is 38.1 Å². The topological polar surface area (TPSA) is 21.7 Å². The summed E-state index contributed by atoms with van der Waals surface area (Å²) in [6.45, 7) is 6.18. The summed E-state index contributed by atoms with van der Waals surface area (Å²) in [6, 6.07) is 0.786. The first-order chi connectivity index (χ1) is 8.83. The molecule has 3 nitrogen and oxygen atoms in total. The Labute approximate surface area is 111 Å². The van der Waals surface area contributed by atoms with Crippen LogP contribution in [0.4, 0.5) is 0 Å². The van der Waals surface area contributed by atoms with Gasteiger partial charge in [-0.15, -0.1) is 0 Å². The summed E-state index contributed by atoms with van der Waals surface area (Å²) in [5.74, 6) is 0.656. The van der Waals surface area contributed by atoms with E-state index in [1.54, 1.807) is 0 Å². The Morgan fingerprint density at radius 3 is 2.67 bits per heavy atom. The van der Waals surface area contributed by atoms with Gasteiger partial charge < -0.3 is 9.47 Å². The lowest BCUT2D eigenvalue weighted by molar-refractivity contribution is -0.197. The summed E-state index contributed by atoms with van der Waals surface area (Å²) in [5, 5.41) is 0. The highest BCUT2D eigenvalue weighted by molar-refractivity contribution is 4.90. The molecule has 2 saturated heterocycles. The first-order valence-electron chi connectivity index (χ1n) is 7.85. The van der Waals surface area contributed by atoms with Gasteiger partial charge in [0.2, 0.25) is 0 Å². The molecular formula is C15H27NO2. The standard InChI is InChI=1S/C15H27NO2/c1-2-13-6-3-4-7-14(13)16-9-5-8-15(12-16)17-10-11-18-15/h13-14H,2-12H2,1H3. The zero-order valence-corrected chi connectivity index (χ0v) is 11.7. The molecule has 0 bridgehead atoms. The molecular weight excluding hydrogens is 226 g/mol. The van der Waals surface area contributed by atoms with Crippen LogP contribution in [0.5, 0.6) is 0 Å². The maximum Gasteiger partial charge on any atom is 0.181 e. The van der Waals surface area contributed by atoms with Gasteiger partial charge in [0, 0.05) is 12.5 Å². The van der Waals surface area contributed by atoms with Crippen LogP contribution in [0, 0.1) is 5.92 Å². The van der Waals surface area contributed by atoms with Gasteiger partial charge >= 0.3 is 0 Å². The van der Waals surface area contributed by atoms with Crippen molar-refractivity contribution in [2.24, 2.45) is 5.92 Å². The third kappa shape index (κ3) is 2.45. The molecule has 0 N–H and O–H groups in total. The van der Waals surface area contributed by atoms with Gasteiger partial charge in [0.1, 0.15) is 0 Å². The number of likely N-dealkylation sites (tertiary alicyclic amines) is 1. The number of hydrogen-bond acceptors (Lipinski definition) is 3. The largest absolute Gasteiger partial charge is 0.346 e. The number of piperidine rings is 1. The quantitative estimate of drug-likeness (QED) is 0.755. The van der Waals surface area contributed by atoms with E-state index in [-0.39, 0.29) is 5.79 Å². The Morgan fingerprint density at radius 2 is 1.89 bits per heavy atom. The average molecular weight is 253 g/mol. The van der Waals surface area contributed by atoms with E-state index < -0.39 is 0 Å². The van der Waals surface area contributed by atoms with Crippen molar-refractivity contribution in [3.63, 3.8) is 0 Å². The molecule has 1 spiro atoms. The average Bonchev–Trinajstić information content (AvgIpc) is 2.86. The molecule has 3 rings (SSSR count). The van der Waals surface area contributed by atoms with Crippen LogP contribution in [0.2, 0.25) is 0 Å². The molecule has 0 aromatic rings. The molecule has 3 heteroatoms. The van der Waals surface area contributed by atoms with Crippen LogP contribution in [0.25, 0.3) is 0 Å². The van der Waals surface area contributed by atoms with E-state index in [1.165, 1.54) is 45.1 Å². The maximum absolute atomic E-state index is 5.91. The highest BCUT2D eigenvalue weighted by Crippen LogP contribution is 2.36. The van der Waals surface area contributed by atoms with Gasteiger partial charge in [-0.25, -0.2) is 0 Å². The van der Waals surface area contributed by atoms with Gasteiger partial charge in [-0.2, -0.15) is 0 Å². The third-order valence-electron chi connectivity index (χ3n) is 5.12. The van der Waals surface area contributed by atoms with Crippen LogP contribution < -0.4 is 0 Å². The second kappa shape index (κ2) is 5.48. The molecule has 0 radical (unpaired) electrons. The van der Waals surface area contributed by atoms with Crippen molar-refractivity contribution in [1.29, 1.82) is 0 Å². The lowest BCUT2D eigenvalue weighted by atomic mass is 9.81. The second-order valence-corrected chi connectivity index (χ2v) is 6.20. The molecule has 104 valence electrons. The zero-order valence-electron chi connectivity index (χ0n) is 11.7. The number of nitrogens with zero attached hydrogens (tertiary/aromatic N) is 1. The van der Waals surface area contributed by atoms with Crippen molar-refractivity contribution in [3.05, 3.63) is 0 Å². The summed E-state index contributed by atoms with van der Waals surface area (Å²) in [4.78, 5) is 2.68. The van der Waals surface area contributed by atoms with Crippen molar-refractivity contribution in [1.82, 2.24) is 4.90 Å². The van der Waals surface area contributed by atoms with E-state index in [0.29, 0.717) is 0 Å². The summed E-state index contributed by atoms with van der Waals surface area (Å²) in [7, 11) is 0. The summed E-state index contributed by atoms with van der Waals surface area (Å²) in [6.07, 6.45) is 9.30. The van der Waals surface area contributed by atoms with Gasteiger partial charge in [0.25, 0.3) is 0 Å². The van der Waals surface area contributed by atoms with Gasteiger partial charge in [0.05, 0.1) is 19.8 Å². The molecule has 3 aliphatic rings. The van der Waals surface area contributed by atoms with Crippen molar-refractivity contribution < 1.29 is 9.47 Å². The minimum absolute atomic E-state index is 0.242.